The lowest BCUT2D eigenvalue weighted by Gasteiger charge is -2.13. The molecule has 2 aromatic carbocycles. The lowest BCUT2D eigenvalue weighted by molar-refractivity contribution is 0.324. The standard InChI is InChI=1S/C18H18N4O3S/c1-23-14-10-9-13(15(24-2)16(14)25-3)11-19-22-17(20-21-18(22)26)12-7-5-4-6-8-12/h4-11H,1-3H3,(H,21,26)/b19-11+. The summed E-state index contributed by atoms with van der Waals surface area (Å²) in [6, 6.07) is 13.3. The second kappa shape index (κ2) is 7.83. The van der Waals surface area contributed by atoms with Gasteiger partial charge >= 0.3 is 0 Å². The fourth-order valence-electron chi connectivity index (χ4n) is 2.52. The van der Waals surface area contributed by atoms with E-state index in [0.29, 0.717) is 33.4 Å². The van der Waals surface area contributed by atoms with E-state index < -0.39 is 0 Å². The zero-order chi connectivity index (χ0) is 18.5. The normalized spacial score (nSPS) is 10.9. The molecule has 0 spiro atoms. The van der Waals surface area contributed by atoms with Gasteiger partial charge in [0.1, 0.15) is 0 Å². The molecule has 1 N–H and O–H groups in total. The molecule has 1 aromatic heterocycles. The van der Waals surface area contributed by atoms with Gasteiger partial charge in [0.15, 0.2) is 17.3 Å². The highest BCUT2D eigenvalue weighted by Crippen LogP contribution is 2.39. The van der Waals surface area contributed by atoms with Crippen LogP contribution in [0, 0.1) is 4.77 Å². The van der Waals surface area contributed by atoms with Crippen molar-refractivity contribution in [3.63, 3.8) is 0 Å². The number of nitrogens with one attached hydrogen (secondary N) is 1. The minimum absolute atomic E-state index is 0.388. The molecule has 0 aliphatic heterocycles. The molecule has 0 saturated carbocycles. The topological polar surface area (TPSA) is 73.7 Å². The number of nitrogens with zero attached hydrogens (tertiary/aromatic N) is 3. The van der Waals surface area contributed by atoms with E-state index in [9.17, 15) is 0 Å². The highest BCUT2D eigenvalue weighted by molar-refractivity contribution is 7.71. The molecule has 1 heterocycles. The first-order valence-corrected chi connectivity index (χ1v) is 8.16. The van der Waals surface area contributed by atoms with Crippen LogP contribution in [0.5, 0.6) is 17.2 Å². The van der Waals surface area contributed by atoms with Gasteiger partial charge in [-0.3, -0.25) is 0 Å². The quantitative estimate of drug-likeness (QED) is 0.531. The van der Waals surface area contributed by atoms with Gasteiger partial charge in [-0.1, -0.05) is 30.3 Å². The van der Waals surface area contributed by atoms with E-state index in [-0.39, 0.29) is 0 Å². The van der Waals surface area contributed by atoms with Crippen molar-refractivity contribution in [2.75, 3.05) is 21.3 Å². The third-order valence-electron chi connectivity index (χ3n) is 3.73. The summed E-state index contributed by atoms with van der Waals surface area (Å²) in [7, 11) is 4.69. The Hall–Kier alpha value is -3.13. The van der Waals surface area contributed by atoms with Gasteiger partial charge in [0, 0.05) is 11.1 Å². The first kappa shape index (κ1) is 17.7. The molecule has 134 valence electrons. The van der Waals surface area contributed by atoms with Crippen LogP contribution in [0.3, 0.4) is 0 Å². The molecule has 0 aliphatic carbocycles. The van der Waals surface area contributed by atoms with E-state index in [4.69, 9.17) is 26.4 Å². The zero-order valence-electron chi connectivity index (χ0n) is 14.6. The van der Waals surface area contributed by atoms with Crippen LogP contribution < -0.4 is 14.2 Å². The Bertz CT molecular complexity index is 980. The Morgan fingerprint density at radius 2 is 1.73 bits per heavy atom. The van der Waals surface area contributed by atoms with Crippen LogP contribution in [0.4, 0.5) is 0 Å². The molecular weight excluding hydrogens is 352 g/mol. The molecule has 0 aliphatic rings. The fourth-order valence-corrected chi connectivity index (χ4v) is 2.70. The van der Waals surface area contributed by atoms with E-state index in [1.807, 2.05) is 36.4 Å². The first-order chi connectivity index (χ1) is 12.7. The predicted molar refractivity (Wildman–Crippen MR) is 102 cm³/mol. The molecule has 7 nitrogen and oxygen atoms in total. The van der Waals surface area contributed by atoms with E-state index in [1.54, 1.807) is 38.3 Å². The molecule has 0 atom stereocenters. The summed E-state index contributed by atoms with van der Waals surface area (Å²) in [5, 5.41) is 11.5. The van der Waals surface area contributed by atoms with Crippen LogP contribution >= 0.6 is 12.2 Å². The molecule has 0 fully saturated rings. The molecule has 3 rings (SSSR count). The second-order valence-electron chi connectivity index (χ2n) is 5.20. The number of methoxy groups -OCH3 is 3. The number of aromatic nitrogens is 3. The number of ether oxygens (including phenoxy) is 3. The van der Waals surface area contributed by atoms with Crippen LogP contribution in [-0.4, -0.2) is 42.4 Å². The highest BCUT2D eigenvalue weighted by Gasteiger charge is 2.15. The van der Waals surface area contributed by atoms with Crippen molar-refractivity contribution >= 4 is 18.4 Å². The van der Waals surface area contributed by atoms with Gasteiger partial charge in [-0.2, -0.15) is 14.9 Å². The Kier molecular flexibility index (Phi) is 5.33. The average molecular weight is 370 g/mol. The number of rotatable bonds is 6. The summed E-state index contributed by atoms with van der Waals surface area (Å²) in [5.74, 6) is 2.21. The summed E-state index contributed by atoms with van der Waals surface area (Å²) >= 11 is 5.29. The lowest BCUT2D eigenvalue weighted by atomic mass is 10.2. The minimum Gasteiger partial charge on any atom is -0.493 e. The van der Waals surface area contributed by atoms with Crippen molar-refractivity contribution in [1.82, 2.24) is 14.9 Å². The van der Waals surface area contributed by atoms with E-state index in [0.717, 1.165) is 5.56 Å². The van der Waals surface area contributed by atoms with Crippen LogP contribution in [-0.2, 0) is 0 Å². The zero-order valence-corrected chi connectivity index (χ0v) is 15.4. The Morgan fingerprint density at radius 3 is 2.38 bits per heavy atom. The van der Waals surface area contributed by atoms with Crippen LogP contribution in [0.15, 0.2) is 47.6 Å². The summed E-state index contributed by atoms with van der Waals surface area (Å²) < 4.78 is 18.1. The van der Waals surface area contributed by atoms with Crippen LogP contribution in [0.1, 0.15) is 5.56 Å². The van der Waals surface area contributed by atoms with Gasteiger partial charge in [-0.15, -0.1) is 0 Å². The molecular formula is C18H18N4O3S. The summed E-state index contributed by atoms with van der Waals surface area (Å²) in [5.41, 5.74) is 1.61. The number of aromatic amines is 1. The maximum absolute atomic E-state index is 5.47. The van der Waals surface area contributed by atoms with Crippen LogP contribution in [0.2, 0.25) is 0 Å². The Labute approximate surface area is 155 Å². The van der Waals surface area contributed by atoms with Gasteiger partial charge in [0.2, 0.25) is 10.5 Å². The van der Waals surface area contributed by atoms with E-state index in [2.05, 4.69) is 15.3 Å². The Morgan fingerprint density at radius 1 is 1.00 bits per heavy atom. The summed E-state index contributed by atoms with van der Waals surface area (Å²) in [6.45, 7) is 0. The number of benzene rings is 2. The monoisotopic (exact) mass is 370 g/mol. The molecule has 0 bridgehead atoms. The average Bonchev–Trinajstić information content (AvgIpc) is 3.06. The van der Waals surface area contributed by atoms with Gasteiger partial charge in [0.25, 0.3) is 0 Å². The van der Waals surface area contributed by atoms with Gasteiger partial charge in [0.05, 0.1) is 27.5 Å². The summed E-state index contributed by atoms with van der Waals surface area (Å²) in [4.78, 5) is 0. The molecule has 0 saturated heterocycles. The Balaban J connectivity index is 2.05. The molecule has 3 aromatic rings. The van der Waals surface area contributed by atoms with Crippen molar-refractivity contribution in [1.29, 1.82) is 0 Å². The molecule has 0 radical (unpaired) electrons. The minimum atomic E-state index is 0.388. The van der Waals surface area contributed by atoms with Crippen LogP contribution in [0.25, 0.3) is 11.4 Å². The SMILES string of the molecule is COc1ccc(/C=N/n2c(-c3ccccc3)n[nH]c2=S)c(OC)c1OC. The maximum Gasteiger partial charge on any atom is 0.216 e. The molecule has 0 unspecified atom stereocenters. The highest BCUT2D eigenvalue weighted by atomic mass is 32.1. The molecule has 0 amide bonds. The van der Waals surface area contributed by atoms with Crippen molar-refractivity contribution in [3.8, 4) is 28.6 Å². The number of hydrogen-bond acceptors (Lipinski definition) is 6. The predicted octanol–water partition coefficient (Wildman–Crippen LogP) is 3.52. The van der Waals surface area contributed by atoms with Crippen molar-refractivity contribution in [2.24, 2.45) is 5.10 Å². The third kappa shape index (κ3) is 3.31. The van der Waals surface area contributed by atoms with Gasteiger partial charge in [-0.25, -0.2) is 5.10 Å². The molecule has 8 heteroatoms. The lowest BCUT2D eigenvalue weighted by Crippen LogP contribution is -2.00. The largest absolute Gasteiger partial charge is 0.493 e. The van der Waals surface area contributed by atoms with Crippen molar-refractivity contribution in [2.45, 2.75) is 0 Å². The van der Waals surface area contributed by atoms with Gasteiger partial charge in [-0.05, 0) is 24.4 Å². The number of hydrogen-bond donors (Lipinski definition) is 1. The maximum atomic E-state index is 5.47. The third-order valence-corrected chi connectivity index (χ3v) is 3.99. The van der Waals surface area contributed by atoms with E-state index in [1.165, 1.54) is 0 Å². The number of H-pyrrole nitrogens is 1. The smallest absolute Gasteiger partial charge is 0.216 e. The van der Waals surface area contributed by atoms with Crippen molar-refractivity contribution in [3.05, 3.63) is 52.8 Å². The fraction of sp³-hybridized carbons (Fsp3) is 0.167. The van der Waals surface area contributed by atoms with Crippen molar-refractivity contribution < 1.29 is 14.2 Å². The molecule has 26 heavy (non-hydrogen) atoms. The van der Waals surface area contributed by atoms with E-state index >= 15 is 0 Å². The second-order valence-corrected chi connectivity index (χ2v) is 5.59. The summed E-state index contributed by atoms with van der Waals surface area (Å²) in [6.07, 6.45) is 1.64. The van der Waals surface area contributed by atoms with Gasteiger partial charge < -0.3 is 14.2 Å². The first-order valence-electron chi connectivity index (χ1n) is 7.75.